The summed E-state index contributed by atoms with van der Waals surface area (Å²) in [6.07, 6.45) is 9.23. The predicted molar refractivity (Wildman–Crippen MR) is 111 cm³/mol. The molecule has 0 unspecified atom stereocenters. The summed E-state index contributed by atoms with van der Waals surface area (Å²) >= 11 is 1.35. The molecule has 0 aliphatic carbocycles. The van der Waals surface area contributed by atoms with E-state index in [1.807, 2.05) is 0 Å². The van der Waals surface area contributed by atoms with Gasteiger partial charge in [0.15, 0.2) is 0 Å². The molecule has 8 nitrogen and oxygen atoms in total. The Kier molecular flexibility index (Phi) is 8.36. The van der Waals surface area contributed by atoms with E-state index in [0.717, 1.165) is 19.3 Å². The number of thioether (sulfide) groups is 1. The van der Waals surface area contributed by atoms with Crippen LogP contribution in [0.2, 0.25) is 0 Å². The fraction of sp³-hybridized carbons (Fsp3) is 0.800. The summed E-state index contributed by atoms with van der Waals surface area (Å²) in [6, 6.07) is -2.43. The van der Waals surface area contributed by atoms with Crippen LogP contribution < -0.4 is 10.6 Å². The number of carbonyl (C=O) groups is 4. The van der Waals surface area contributed by atoms with Crippen LogP contribution in [0.25, 0.3) is 0 Å². The highest BCUT2D eigenvalue weighted by atomic mass is 32.2. The van der Waals surface area contributed by atoms with E-state index >= 15 is 0 Å². The molecule has 0 aromatic heterocycles. The Balaban J connectivity index is 1.66. The molecule has 0 radical (unpaired) electrons. The number of β-lactam (4-membered cyclic amide) rings is 1. The molecule has 0 bridgehead atoms. The number of nitrogens with zero attached hydrogens (tertiary/aromatic N) is 1. The van der Waals surface area contributed by atoms with Crippen LogP contribution in [-0.4, -0.2) is 56.0 Å². The van der Waals surface area contributed by atoms with Crippen LogP contribution in [0.15, 0.2) is 0 Å². The van der Waals surface area contributed by atoms with Crippen molar-refractivity contribution < 1.29 is 24.3 Å². The van der Waals surface area contributed by atoms with E-state index in [2.05, 4.69) is 17.6 Å². The first-order valence-corrected chi connectivity index (χ1v) is 11.4. The largest absolute Gasteiger partial charge is 0.480 e. The molecule has 0 aromatic rings. The number of unbranched alkanes of at least 4 members (excludes halogenated alkanes) is 7. The third-order valence-corrected chi connectivity index (χ3v) is 7.04. The molecule has 29 heavy (non-hydrogen) atoms. The lowest BCUT2D eigenvalue weighted by Gasteiger charge is -2.43. The van der Waals surface area contributed by atoms with Crippen LogP contribution >= 0.6 is 11.8 Å². The number of carbonyl (C=O) groups excluding carboxylic acids is 3. The highest BCUT2D eigenvalue weighted by molar-refractivity contribution is 8.01. The van der Waals surface area contributed by atoms with Gasteiger partial charge in [0, 0.05) is 11.2 Å². The van der Waals surface area contributed by atoms with Gasteiger partial charge in [-0.3, -0.25) is 14.9 Å². The Morgan fingerprint density at radius 1 is 1.07 bits per heavy atom. The van der Waals surface area contributed by atoms with Gasteiger partial charge in [-0.05, 0) is 20.3 Å². The molecule has 0 aromatic carbocycles. The van der Waals surface area contributed by atoms with Gasteiger partial charge in [0.25, 0.3) is 0 Å². The predicted octanol–water partition coefficient (Wildman–Crippen LogP) is 2.86. The van der Waals surface area contributed by atoms with Gasteiger partial charge in [0.2, 0.25) is 11.8 Å². The monoisotopic (exact) mass is 427 g/mol. The van der Waals surface area contributed by atoms with Crippen LogP contribution in [0, 0.1) is 0 Å². The van der Waals surface area contributed by atoms with Crippen molar-refractivity contribution in [2.24, 2.45) is 0 Å². The van der Waals surface area contributed by atoms with Crippen molar-refractivity contribution in [2.45, 2.75) is 101 Å². The van der Waals surface area contributed by atoms with E-state index in [1.165, 1.54) is 48.8 Å². The quantitative estimate of drug-likeness (QED) is 0.345. The van der Waals surface area contributed by atoms with Crippen molar-refractivity contribution in [1.29, 1.82) is 0 Å². The second-order valence-corrected chi connectivity index (χ2v) is 10.1. The molecular formula is C20H33N3O5S. The maximum absolute atomic E-state index is 12.3. The topological polar surface area (TPSA) is 116 Å². The molecule has 4 amide bonds. The number of carboxylic acid groups (broad SMARTS) is 1. The molecule has 3 atom stereocenters. The number of nitrogens with one attached hydrogen (secondary N) is 2. The number of carboxylic acids is 1. The smallest absolute Gasteiger partial charge is 0.327 e. The fourth-order valence-electron chi connectivity index (χ4n) is 3.93. The zero-order chi connectivity index (χ0) is 21.6. The normalized spacial score (nSPS) is 24.6. The van der Waals surface area contributed by atoms with E-state index in [0.29, 0.717) is 0 Å². The second kappa shape index (κ2) is 10.3. The maximum atomic E-state index is 12.3. The number of rotatable bonds is 11. The van der Waals surface area contributed by atoms with Crippen molar-refractivity contribution in [3.8, 4) is 0 Å². The molecule has 0 saturated carbocycles. The Bertz CT molecular complexity index is 640. The van der Waals surface area contributed by atoms with Gasteiger partial charge in [-0.1, -0.05) is 51.9 Å². The average molecular weight is 428 g/mol. The van der Waals surface area contributed by atoms with Gasteiger partial charge in [0.1, 0.15) is 17.5 Å². The van der Waals surface area contributed by atoms with Gasteiger partial charge in [0.05, 0.1) is 0 Å². The standard InChI is InChI=1S/C20H33N3O5S/c1-4-5-6-7-8-9-10-11-12-13(24)21-19(28)22-14-16(25)23-15(18(26)27)20(2,3)29-17(14)23/h14-15,17H,4-12H2,1-3H3,(H,26,27)(H2,21,22,24,28)/t14-,15+,17-/m1/s1. The van der Waals surface area contributed by atoms with Crippen molar-refractivity contribution >= 4 is 35.6 Å². The molecule has 2 rings (SSSR count). The third-order valence-electron chi connectivity index (χ3n) is 5.47. The van der Waals surface area contributed by atoms with Crippen molar-refractivity contribution in [3.63, 3.8) is 0 Å². The number of fused-ring (bicyclic) bond motifs is 1. The Morgan fingerprint density at radius 3 is 2.24 bits per heavy atom. The Morgan fingerprint density at radius 2 is 1.66 bits per heavy atom. The molecule has 2 aliphatic rings. The maximum Gasteiger partial charge on any atom is 0.327 e. The van der Waals surface area contributed by atoms with Crippen molar-refractivity contribution in [1.82, 2.24) is 15.5 Å². The number of amides is 4. The minimum atomic E-state index is -1.05. The minimum Gasteiger partial charge on any atom is -0.480 e. The van der Waals surface area contributed by atoms with E-state index in [4.69, 9.17) is 0 Å². The van der Waals surface area contributed by atoms with E-state index in [9.17, 15) is 24.3 Å². The SMILES string of the molecule is CCCCCCCCCCC(=O)NC(=O)N[C@@H]1C(=O)N2[C@@H]1SC(C)(C)[C@@H]2C(=O)O. The summed E-state index contributed by atoms with van der Waals surface area (Å²) in [5.41, 5.74) is 0. The lowest BCUT2D eigenvalue weighted by atomic mass is 9.96. The molecule has 0 spiro atoms. The number of urea groups is 1. The first-order chi connectivity index (χ1) is 13.7. The van der Waals surface area contributed by atoms with Crippen LogP contribution in [0.1, 0.15) is 78.6 Å². The summed E-state index contributed by atoms with van der Waals surface area (Å²) in [7, 11) is 0. The number of aliphatic carboxylic acids is 1. The van der Waals surface area contributed by atoms with Gasteiger partial charge < -0.3 is 15.3 Å². The highest BCUT2D eigenvalue weighted by Crippen LogP contribution is 2.50. The summed E-state index contributed by atoms with van der Waals surface area (Å²) in [4.78, 5) is 49.1. The molecule has 3 N–H and O–H groups in total. The van der Waals surface area contributed by atoms with Crippen LogP contribution in [-0.2, 0) is 14.4 Å². The lowest BCUT2D eigenvalue weighted by Crippen LogP contribution is -2.71. The minimum absolute atomic E-state index is 0.277. The second-order valence-electron chi connectivity index (χ2n) is 8.32. The summed E-state index contributed by atoms with van der Waals surface area (Å²) in [5.74, 6) is -1.84. The molecule has 2 saturated heterocycles. The van der Waals surface area contributed by atoms with E-state index in [1.54, 1.807) is 13.8 Å². The van der Waals surface area contributed by atoms with Gasteiger partial charge >= 0.3 is 12.0 Å². The van der Waals surface area contributed by atoms with Gasteiger partial charge in [-0.25, -0.2) is 9.59 Å². The molecule has 164 valence electrons. The fourth-order valence-corrected chi connectivity index (χ4v) is 5.56. The first-order valence-electron chi connectivity index (χ1n) is 10.5. The van der Waals surface area contributed by atoms with E-state index < -0.39 is 40.1 Å². The molecule has 9 heteroatoms. The van der Waals surface area contributed by atoms with Crippen molar-refractivity contribution in [2.75, 3.05) is 0 Å². The zero-order valence-electron chi connectivity index (χ0n) is 17.5. The van der Waals surface area contributed by atoms with E-state index in [-0.39, 0.29) is 12.3 Å². The van der Waals surface area contributed by atoms with Gasteiger partial charge in [-0.2, -0.15) is 0 Å². The summed E-state index contributed by atoms with van der Waals surface area (Å²) in [6.45, 7) is 5.73. The molecular weight excluding hydrogens is 394 g/mol. The number of hydrogen-bond acceptors (Lipinski definition) is 5. The number of imide groups is 1. The molecule has 2 heterocycles. The molecule has 2 fully saturated rings. The van der Waals surface area contributed by atoms with Crippen LogP contribution in [0.5, 0.6) is 0 Å². The summed E-state index contributed by atoms with van der Waals surface area (Å²) < 4.78 is -0.647. The Labute approximate surface area is 176 Å². The average Bonchev–Trinajstić information content (AvgIpc) is 2.90. The third kappa shape index (κ3) is 5.87. The van der Waals surface area contributed by atoms with Crippen LogP contribution in [0.4, 0.5) is 4.79 Å². The van der Waals surface area contributed by atoms with Crippen LogP contribution in [0.3, 0.4) is 0 Å². The van der Waals surface area contributed by atoms with Gasteiger partial charge in [-0.15, -0.1) is 11.8 Å². The Hall–Kier alpha value is -1.77. The molecule has 2 aliphatic heterocycles. The van der Waals surface area contributed by atoms with Crippen molar-refractivity contribution in [3.05, 3.63) is 0 Å². The zero-order valence-corrected chi connectivity index (χ0v) is 18.3. The lowest BCUT2D eigenvalue weighted by molar-refractivity contribution is -0.159. The number of hydrogen-bond donors (Lipinski definition) is 3. The highest BCUT2D eigenvalue weighted by Gasteiger charge is 2.64. The first kappa shape index (κ1) is 23.5. The summed E-state index contributed by atoms with van der Waals surface area (Å²) in [5, 5.41) is 13.8.